The number of nitrogens with two attached hydrogens (primary N) is 1. The molecule has 0 fully saturated rings. The molecule has 0 saturated heterocycles. The van der Waals surface area contributed by atoms with Crippen molar-refractivity contribution in [1.29, 1.82) is 0 Å². The molecule has 5 nitrogen and oxygen atoms in total. The standard InChI is InChI=1S/C14H11BrN4O/c15-11-6-17-8-19(14(11)20)7-9-3-4-12(16)10-2-1-5-18-13(9)10/h1-6,8H,7,16H2. The van der Waals surface area contributed by atoms with Crippen LogP contribution in [-0.2, 0) is 6.54 Å². The largest absolute Gasteiger partial charge is 0.398 e. The summed E-state index contributed by atoms with van der Waals surface area (Å²) in [6.45, 7) is 0.402. The van der Waals surface area contributed by atoms with Gasteiger partial charge in [-0.1, -0.05) is 6.07 Å². The first-order valence-electron chi connectivity index (χ1n) is 5.99. The van der Waals surface area contributed by atoms with Crippen LogP contribution in [0.15, 0.2) is 52.3 Å². The molecule has 20 heavy (non-hydrogen) atoms. The van der Waals surface area contributed by atoms with E-state index in [1.807, 2.05) is 24.3 Å². The lowest BCUT2D eigenvalue weighted by atomic mass is 10.1. The number of aromatic nitrogens is 3. The highest BCUT2D eigenvalue weighted by Crippen LogP contribution is 2.22. The lowest BCUT2D eigenvalue weighted by Crippen LogP contribution is -2.21. The Hall–Kier alpha value is -2.21. The van der Waals surface area contributed by atoms with E-state index in [1.165, 1.54) is 17.1 Å². The van der Waals surface area contributed by atoms with Crippen molar-refractivity contribution in [2.24, 2.45) is 0 Å². The molecule has 0 unspecified atom stereocenters. The third-order valence-electron chi connectivity index (χ3n) is 3.09. The second-order valence-corrected chi connectivity index (χ2v) is 5.24. The van der Waals surface area contributed by atoms with E-state index in [4.69, 9.17) is 5.73 Å². The van der Waals surface area contributed by atoms with Crippen molar-refractivity contribution in [2.45, 2.75) is 6.54 Å². The third kappa shape index (κ3) is 2.18. The Morgan fingerprint density at radius 1 is 1.30 bits per heavy atom. The minimum atomic E-state index is -0.124. The number of hydrogen-bond donors (Lipinski definition) is 1. The lowest BCUT2D eigenvalue weighted by Gasteiger charge is -2.09. The van der Waals surface area contributed by atoms with Crippen LogP contribution in [0.3, 0.4) is 0 Å². The zero-order valence-corrected chi connectivity index (χ0v) is 12.0. The summed E-state index contributed by atoms with van der Waals surface area (Å²) >= 11 is 3.19. The van der Waals surface area contributed by atoms with Gasteiger partial charge in [0.1, 0.15) is 4.47 Å². The van der Waals surface area contributed by atoms with Crippen LogP contribution < -0.4 is 11.3 Å². The maximum Gasteiger partial charge on any atom is 0.267 e. The molecule has 1 aromatic carbocycles. The first-order chi connectivity index (χ1) is 9.66. The highest BCUT2D eigenvalue weighted by Gasteiger charge is 2.07. The zero-order chi connectivity index (χ0) is 14.1. The van der Waals surface area contributed by atoms with Crippen molar-refractivity contribution >= 4 is 32.5 Å². The van der Waals surface area contributed by atoms with Crippen LogP contribution in [0.5, 0.6) is 0 Å². The predicted molar refractivity (Wildman–Crippen MR) is 81.5 cm³/mol. The molecule has 2 heterocycles. The molecule has 3 rings (SSSR count). The number of pyridine rings is 1. The molecule has 0 radical (unpaired) electrons. The summed E-state index contributed by atoms with van der Waals surface area (Å²) in [5, 5.41) is 0.890. The van der Waals surface area contributed by atoms with Gasteiger partial charge in [0, 0.05) is 23.5 Å². The molecular weight excluding hydrogens is 320 g/mol. The second kappa shape index (κ2) is 5.05. The lowest BCUT2D eigenvalue weighted by molar-refractivity contribution is 0.733. The summed E-state index contributed by atoms with van der Waals surface area (Å²) in [6.07, 6.45) is 4.71. The normalized spacial score (nSPS) is 10.8. The number of halogens is 1. The van der Waals surface area contributed by atoms with Crippen LogP contribution in [0.4, 0.5) is 5.69 Å². The van der Waals surface area contributed by atoms with Gasteiger partial charge >= 0.3 is 0 Å². The second-order valence-electron chi connectivity index (χ2n) is 4.39. The van der Waals surface area contributed by atoms with Gasteiger partial charge in [0.25, 0.3) is 5.56 Å². The molecular formula is C14H11BrN4O. The van der Waals surface area contributed by atoms with E-state index < -0.39 is 0 Å². The van der Waals surface area contributed by atoms with Gasteiger partial charge in [-0.15, -0.1) is 0 Å². The summed E-state index contributed by atoms with van der Waals surface area (Å²) < 4.78 is 1.97. The zero-order valence-electron chi connectivity index (χ0n) is 10.5. The average molecular weight is 331 g/mol. The number of anilines is 1. The smallest absolute Gasteiger partial charge is 0.267 e. The number of nitrogen functional groups attached to an aromatic ring is 1. The minimum Gasteiger partial charge on any atom is -0.398 e. The van der Waals surface area contributed by atoms with Crippen molar-refractivity contribution in [3.05, 3.63) is 63.4 Å². The van der Waals surface area contributed by atoms with Crippen LogP contribution in [0, 0.1) is 0 Å². The number of rotatable bonds is 2. The molecule has 6 heteroatoms. The van der Waals surface area contributed by atoms with Gasteiger partial charge in [0.15, 0.2) is 0 Å². The molecule has 0 saturated carbocycles. The monoisotopic (exact) mass is 330 g/mol. The van der Waals surface area contributed by atoms with Gasteiger partial charge in [0.05, 0.1) is 18.4 Å². The third-order valence-corrected chi connectivity index (χ3v) is 3.63. The van der Waals surface area contributed by atoms with Gasteiger partial charge < -0.3 is 5.73 Å². The molecule has 2 aromatic heterocycles. The van der Waals surface area contributed by atoms with Gasteiger partial charge in [-0.25, -0.2) is 4.98 Å². The van der Waals surface area contributed by atoms with Gasteiger partial charge in [-0.3, -0.25) is 14.3 Å². The quantitative estimate of drug-likeness (QED) is 0.731. The van der Waals surface area contributed by atoms with Crippen molar-refractivity contribution < 1.29 is 0 Å². The van der Waals surface area contributed by atoms with Crippen LogP contribution in [0.25, 0.3) is 10.9 Å². The Morgan fingerprint density at radius 2 is 2.15 bits per heavy atom. The van der Waals surface area contributed by atoms with E-state index in [2.05, 4.69) is 25.9 Å². The summed E-state index contributed by atoms with van der Waals surface area (Å²) in [4.78, 5) is 20.4. The molecule has 2 N–H and O–H groups in total. The number of nitrogens with zero attached hydrogens (tertiary/aromatic N) is 3. The van der Waals surface area contributed by atoms with Crippen LogP contribution in [-0.4, -0.2) is 14.5 Å². The fourth-order valence-electron chi connectivity index (χ4n) is 2.10. The molecule has 0 aliphatic heterocycles. The van der Waals surface area contributed by atoms with Crippen LogP contribution in [0.1, 0.15) is 5.56 Å². The predicted octanol–water partition coefficient (Wildman–Crippen LogP) is 2.18. The van der Waals surface area contributed by atoms with Crippen molar-refractivity contribution in [3.8, 4) is 0 Å². The van der Waals surface area contributed by atoms with E-state index in [1.54, 1.807) is 6.20 Å². The van der Waals surface area contributed by atoms with E-state index >= 15 is 0 Å². The Labute approximate surface area is 123 Å². The van der Waals surface area contributed by atoms with E-state index in [0.29, 0.717) is 16.7 Å². The SMILES string of the molecule is Nc1ccc(Cn2cncc(Br)c2=O)c2ncccc12. The van der Waals surface area contributed by atoms with Gasteiger partial charge in [-0.05, 0) is 39.7 Å². The topological polar surface area (TPSA) is 73.8 Å². The molecule has 0 bridgehead atoms. The molecule has 100 valence electrons. The van der Waals surface area contributed by atoms with E-state index in [-0.39, 0.29) is 5.56 Å². The summed E-state index contributed by atoms with van der Waals surface area (Å²) in [5.74, 6) is 0. The summed E-state index contributed by atoms with van der Waals surface area (Å²) in [7, 11) is 0. The molecule has 0 aliphatic rings. The summed E-state index contributed by atoms with van der Waals surface area (Å²) in [5.41, 5.74) is 8.23. The Bertz CT molecular complexity index is 844. The molecule has 0 atom stereocenters. The van der Waals surface area contributed by atoms with Crippen LogP contribution in [0.2, 0.25) is 0 Å². The van der Waals surface area contributed by atoms with Crippen LogP contribution >= 0.6 is 15.9 Å². The van der Waals surface area contributed by atoms with Gasteiger partial charge in [0.2, 0.25) is 0 Å². The number of hydrogen-bond acceptors (Lipinski definition) is 4. The fourth-order valence-corrected chi connectivity index (χ4v) is 2.45. The average Bonchev–Trinajstić information content (AvgIpc) is 2.47. The molecule has 0 amide bonds. The first-order valence-corrected chi connectivity index (χ1v) is 6.78. The molecule has 3 aromatic rings. The van der Waals surface area contributed by atoms with Gasteiger partial charge in [-0.2, -0.15) is 0 Å². The van der Waals surface area contributed by atoms with Crippen molar-refractivity contribution in [2.75, 3.05) is 5.73 Å². The first kappa shape index (κ1) is 12.8. The van der Waals surface area contributed by atoms with E-state index in [0.717, 1.165) is 16.5 Å². The maximum absolute atomic E-state index is 12.0. The summed E-state index contributed by atoms with van der Waals surface area (Å²) in [6, 6.07) is 7.48. The Balaban J connectivity index is 2.14. The number of benzene rings is 1. The van der Waals surface area contributed by atoms with Crippen molar-refractivity contribution in [3.63, 3.8) is 0 Å². The molecule has 0 spiro atoms. The Morgan fingerprint density at radius 3 is 3.00 bits per heavy atom. The van der Waals surface area contributed by atoms with E-state index in [9.17, 15) is 4.79 Å². The highest BCUT2D eigenvalue weighted by atomic mass is 79.9. The molecule has 0 aliphatic carbocycles. The number of fused-ring (bicyclic) bond motifs is 1. The fraction of sp³-hybridized carbons (Fsp3) is 0.0714. The minimum absolute atomic E-state index is 0.124. The van der Waals surface area contributed by atoms with Crippen molar-refractivity contribution in [1.82, 2.24) is 14.5 Å². The Kier molecular flexibility index (Phi) is 3.23. The maximum atomic E-state index is 12.0. The highest BCUT2D eigenvalue weighted by molar-refractivity contribution is 9.10.